The summed E-state index contributed by atoms with van der Waals surface area (Å²) in [6.07, 6.45) is 0.644. The molecule has 0 radical (unpaired) electrons. The van der Waals surface area contributed by atoms with Crippen molar-refractivity contribution in [2.75, 3.05) is 33.1 Å². The third kappa shape index (κ3) is 2.86. The molecule has 0 saturated carbocycles. The number of ether oxygens (including phenoxy) is 2. The maximum atomic E-state index is 12.8. The predicted octanol–water partition coefficient (Wildman–Crippen LogP) is 1.95. The number of amides is 1. The van der Waals surface area contributed by atoms with E-state index in [1.807, 2.05) is 12.1 Å². The Kier molecular flexibility index (Phi) is 4.58. The number of carbonyl (C=O) groups is 1. The van der Waals surface area contributed by atoms with Crippen LogP contribution in [0.3, 0.4) is 0 Å². The molecule has 0 fully saturated rings. The van der Waals surface area contributed by atoms with Gasteiger partial charge in [0.2, 0.25) is 0 Å². The standard InChI is InChI=1S/C18H20BrN3O3S/c1-22-5-4-10-13(8-22)26-18-14(10)17(23)20-16(21-18)9-6-11(19)15(25-3)12(7-9)24-2/h6-7,16,21H,4-5,8H2,1-3H3,(H,20,23)/p+1/t16-/m0/s1. The van der Waals surface area contributed by atoms with Crippen LogP contribution in [-0.2, 0) is 13.0 Å². The first-order chi connectivity index (χ1) is 12.5. The smallest absolute Gasteiger partial charge is 0.256 e. The molecule has 0 bridgehead atoms. The molecule has 1 aromatic carbocycles. The number of benzene rings is 1. The van der Waals surface area contributed by atoms with Gasteiger partial charge in [-0.2, -0.15) is 0 Å². The van der Waals surface area contributed by atoms with Crippen molar-refractivity contribution in [3.63, 3.8) is 0 Å². The first-order valence-corrected chi connectivity index (χ1v) is 10.1. The molecule has 2 aliphatic heterocycles. The van der Waals surface area contributed by atoms with E-state index >= 15 is 0 Å². The van der Waals surface area contributed by atoms with Crippen LogP contribution in [0.5, 0.6) is 11.5 Å². The first-order valence-electron chi connectivity index (χ1n) is 8.46. The van der Waals surface area contributed by atoms with Crippen molar-refractivity contribution in [2.24, 2.45) is 0 Å². The van der Waals surface area contributed by atoms with Gasteiger partial charge in [-0.05, 0) is 39.2 Å². The molecule has 0 saturated heterocycles. The number of thiophene rings is 1. The Bertz CT molecular complexity index is 883. The van der Waals surface area contributed by atoms with Gasteiger partial charge in [-0.15, -0.1) is 11.3 Å². The summed E-state index contributed by atoms with van der Waals surface area (Å²) >= 11 is 5.22. The molecule has 138 valence electrons. The second kappa shape index (κ2) is 6.75. The number of likely N-dealkylation sites (N-methyl/N-ethyl adjacent to an activating group) is 1. The van der Waals surface area contributed by atoms with Crippen molar-refractivity contribution in [3.05, 3.63) is 38.2 Å². The molecular weight excluding hydrogens is 418 g/mol. The van der Waals surface area contributed by atoms with E-state index in [4.69, 9.17) is 9.47 Å². The van der Waals surface area contributed by atoms with Crippen LogP contribution in [0.4, 0.5) is 5.00 Å². The van der Waals surface area contributed by atoms with Gasteiger partial charge in [0.25, 0.3) is 5.91 Å². The number of methoxy groups -OCH3 is 2. The van der Waals surface area contributed by atoms with E-state index < -0.39 is 0 Å². The molecule has 2 aromatic rings. The van der Waals surface area contributed by atoms with Crippen molar-refractivity contribution in [2.45, 2.75) is 19.1 Å². The number of quaternary nitrogens is 1. The Morgan fingerprint density at radius 2 is 2.08 bits per heavy atom. The highest BCUT2D eigenvalue weighted by atomic mass is 79.9. The molecule has 3 N–H and O–H groups in total. The van der Waals surface area contributed by atoms with Crippen LogP contribution in [0.15, 0.2) is 16.6 Å². The molecule has 6 nitrogen and oxygen atoms in total. The zero-order chi connectivity index (χ0) is 18.4. The fourth-order valence-corrected chi connectivity index (χ4v) is 5.61. The molecule has 2 aliphatic rings. The van der Waals surface area contributed by atoms with E-state index in [1.165, 1.54) is 15.3 Å². The lowest BCUT2D eigenvalue weighted by molar-refractivity contribution is -0.895. The third-order valence-corrected chi connectivity index (χ3v) is 6.67. The zero-order valence-electron chi connectivity index (χ0n) is 14.9. The summed E-state index contributed by atoms with van der Waals surface area (Å²) in [5.41, 5.74) is 2.95. The van der Waals surface area contributed by atoms with Gasteiger partial charge in [0, 0.05) is 6.42 Å². The zero-order valence-corrected chi connectivity index (χ0v) is 17.3. The van der Waals surface area contributed by atoms with Gasteiger partial charge in [-0.25, -0.2) is 0 Å². The minimum atomic E-state index is -0.309. The van der Waals surface area contributed by atoms with E-state index in [2.05, 4.69) is 33.6 Å². The Morgan fingerprint density at radius 1 is 1.27 bits per heavy atom. The molecule has 1 amide bonds. The Labute approximate surface area is 164 Å². The van der Waals surface area contributed by atoms with E-state index in [9.17, 15) is 4.79 Å². The summed E-state index contributed by atoms with van der Waals surface area (Å²) in [6, 6.07) is 3.83. The number of hydrogen-bond acceptors (Lipinski definition) is 5. The fourth-order valence-electron chi connectivity index (χ4n) is 3.60. The summed E-state index contributed by atoms with van der Waals surface area (Å²) in [7, 11) is 5.40. The maximum Gasteiger partial charge on any atom is 0.256 e. The lowest BCUT2D eigenvalue weighted by Crippen LogP contribution is -3.08. The van der Waals surface area contributed by atoms with E-state index in [0.29, 0.717) is 11.5 Å². The SMILES string of the molecule is COc1cc([C@H]2NC(=O)c3c(sc4c3CC[NH+](C)C4)N2)cc(Br)c1OC. The Hall–Kier alpha value is -1.77. The van der Waals surface area contributed by atoms with Crippen LogP contribution in [0.1, 0.15) is 32.5 Å². The van der Waals surface area contributed by atoms with Crippen LogP contribution < -0.4 is 25.0 Å². The minimum absolute atomic E-state index is 0.00768. The second-order valence-corrected chi connectivity index (χ2v) is 8.59. The van der Waals surface area contributed by atoms with Gasteiger partial charge in [0.05, 0.1) is 42.7 Å². The fraction of sp³-hybridized carbons (Fsp3) is 0.389. The molecule has 3 heterocycles. The van der Waals surface area contributed by atoms with Gasteiger partial charge in [-0.1, -0.05) is 0 Å². The monoisotopic (exact) mass is 438 g/mol. The highest BCUT2D eigenvalue weighted by Crippen LogP contribution is 2.42. The van der Waals surface area contributed by atoms with Crippen molar-refractivity contribution < 1.29 is 19.2 Å². The number of hydrogen-bond donors (Lipinski definition) is 3. The summed E-state index contributed by atoms with van der Waals surface area (Å²) in [4.78, 5) is 15.6. The van der Waals surface area contributed by atoms with Gasteiger partial charge >= 0.3 is 0 Å². The summed E-state index contributed by atoms with van der Waals surface area (Å²) < 4.78 is 11.6. The first kappa shape index (κ1) is 17.6. The molecule has 26 heavy (non-hydrogen) atoms. The highest BCUT2D eigenvalue weighted by Gasteiger charge is 2.34. The number of fused-ring (bicyclic) bond motifs is 3. The van der Waals surface area contributed by atoms with Crippen LogP contribution in [0, 0.1) is 0 Å². The van der Waals surface area contributed by atoms with Gasteiger partial charge in [0.15, 0.2) is 11.5 Å². The lowest BCUT2D eigenvalue weighted by Gasteiger charge is -2.27. The maximum absolute atomic E-state index is 12.8. The third-order valence-electron chi connectivity index (χ3n) is 4.92. The highest BCUT2D eigenvalue weighted by molar-refractivity contribution is 9.10. The molecule has 0 spiro atoms. The van der Waals surface area contributed by atoms with Crippen LogP contribution >= 0.6 is 27.3 Å². The number of nitrogens with one attached hydrogen (secondary N) is 3. The lowest BCUT2D eigenvalue weighted by atomic mass is 10.0. The van der Waals surface area contributed by atoms with Crippen LogP contribution in [0.25, 0.3) is 0 Å². The van der Waals surface area contributed by atoms with Crippen molar-refractivity contribution in [1.29, 1.82) is 0 Å². The van der Waals surface area contributed by atoms with Crippen molar-refractivity contribution in [3.8, 4) is 11.5 Å². The summed E-state index contributed by atoms with van der Waals surface area (Å²) in [5, 5.41) is 7.54. The minimum Gasteiger partial charge on any atom is -0.493 e. The number of anilines is 1. The number of carbonyl (C=O) groups excluding carboxylic acids is 1. The molecule has 0 aliphatic carbocycles. The molecule has 4 rings (SSSR count). The van der Waals surface area contributed by atoms with Crippen molar-refractivity contribution >= 4 is 38.2 Å². The number of halogens is 1. The molecule has 2 atom stereocenters. The van der Waals surface area contributed by atoms with Gasteiger partial charge in [0.1, 0.15) is 17.7 Å². The van der Waals surface area contributed by atoms with Crippen LogP contribution in [-0.4, -0.2) is 33.7 Å². The summed E-state index contributed by atoms with van der Waals surface area (Å²) in [6.45, 7) is 2.05. The van der Waals surface area contributed by atoms with Crippen molar-refractivity contribution in [1.82, 2.24) is 5.32 Å². The normalized spacial score (nSPS) is 21.3. The second-order valence-electron chi connectivity index (χ2n) is 6.63. The summed E-state index contributed by atoms with van der Waals surface area (Å²) in [5.74, 6) is 1.25. The average Bonchev–Trinajstić information content (AvgIpc) is 2.98. The number of rotatable bonds is 3. The quantitative estimate of drug-likeness (QED) is 0.685. The molecule has 1 unspecified atom stereocenters. The van der Waals surface area contributed by atoms with Gasteiger partial charge in [-0.3, -0.25) is 4.79 Å². The van der Waals surface area contributed by atoms with Gasteiger partial charge < -0.3 is 25.0 Å². The molecule has 8 heteroatoms. The molecular formula is C18H21BrN3O3S+. The Morgan fingerprint density at radius 3 is 2.81 bits per heavy atom. The van der Waals surface area contributed by atoms with E-state index in [0.717, 1.165) is 40.1 Å². The van der Waals surface area contributed by atoms with Crippen LogP contribution in [0.2, 0.25) is 0 Å². The molecule has 1 aromatic heterocycles. The predicted molar refractivity (Wildman–Crippen MR) is 105 cm³/mol. The Balaban J connectivity index is 1.70. The van der Waals surface area contributed by atoms with E-state index in [1.54, 1.807) is 25.6 Å². The average molecular weight is 439 g/mol. The van der Waals surface area contributed by atoms with E-state index in [-0.39, 0.29) is 12.1 Å². The topological polar surface area (TPSA) is 64.0 Å². The largest absolute Gasteiger partial charge is 0.493 e.